The second kappa shape index (κ2) is 11.3. The first kappa shape index (κ1) is 24.7. The van der Waals surface area contributed by atoms with E-state index < -0.39 is 5.97 Å². The molecule has 36 heavy (non-hydrogen) atoms. The highest BCUT2D eigenvalue weighted by Crippen LogP contribution is 2.24. The molecule has 0 aliphatic rings. The van der Waals surface area contributed by atoms with Gasteiger partial charge in [0.1, 0.15) is 11.5 Å². The number of ether oxygens (including phenoxy) is 2. The van der Waals surface area contributed by atoms with Crippen LogP contribution in [0, 0.1) is 6.92 Å². The van der Waals surface area contributed by atoms with Crippen molar-refractivity contribution in [1.82, 2.24) is 5.43 Å². The van der Waals surface area contributed by atoms with Gasteiger partial charge in [0, 0.05) is 0 Å². The minimum Gasteiger partial charge on any atom is -0.483 e. The molecule has 0 spiro atoms. The number of rotatable bonds is 8. The van der Waals surface area contributed by atoms with Gasteiger partial charge in [-0.2, -0.15) is 5.10 Å². The van der Waals surface area contributed by atoms with Crippen molar-refractivity contribution in [3.05, 3.63) is 107 Å². The average Bonchev–Trinajstić information content (AvgIpc) is 2.88. The third kappa shape index (κ3) is 6.16. The molecule has 0 unspecified atom stereocenters. The van der Waals surface area contributed by atoms with Crippen LogP contribution in [0.4, 0.5) is 0 Å². The van der Waals surface area contributed by atoms with Crippen molar-refractivity contribution < 1.29 is 19.1 Å². The number of benzene rings is 4. The van der Waals surface area contributed by atoms with Crippen LogP contribution in [0.25, 0.3) is 10.8 Å². The quantitative estimate of drug-likeness (QED) is 0.145. The fraction of sp³-hybridized carbons (Fsp3) is 0.167. The van der Waals surface area contributed by atoms with Crippen molar-refractivity contribution in [2.45, 2.75) is 26.7 Å². The maximum Gasteiger partial charge on any atom is 0.344 e. The molecule has 0 atom stereocenters. The number of nitrogens with one attached hydrogen (secondary N) is 1. The number of esters is 1. The summed E-state index contributed by atoms with van der Waals surface area (Å²) in [7, 11) is 0. The zero-order valence-electron chi connectivity index (χ0n) is 20.5. The molecule has 0 saturated heterocycles. The Morgan fingerprint density at radius 3 is 2.47 bits per heavy atom. The summed E-state index contributed by atoms with van der Waals surface area (Å²) < 4.78 is 11.2. The molecule has 0 bridgehead atoms. The average molecular weight is 481 g/mol. The molecule has 0 radical (unpaired) electrons. The van der Waals surface area contributed by atoms with Crippen molar-refractivity contribution >= 4 is 28.9 Å². The molecule has 4 aromatic carbocycles. The van der Waals surface area contributed by atoms with Crippen LogP contribution >= 0.6 is 0 Å². The van der Waals surface area contributed by atoms with E-state index in [1.54, 1.807) is 30.3 Å². The highest BCUT2D eigenvalue weighted by Gasteiger charge is 2.12. The molecule has 1 amide bonds. The first-order valence-corrected chi connectivity index (χ1v) is 11.8. The van der Waals surface area contributed by atoms with Crippen molar-refractivity contribution in [3.63, 3.8) is 0 Å². The van der Waals surface area contributed by atoms with Crippen LogP contribution < -0.4 is 14.9 Å². The van der Waals surface area contributed by atoms with Crippen LogP contribution in [0.5, 0.6) is 11.5 Å². The number of carbonyl (C=O) groups excluding carboxylic acids is 2. The predicted octanol–water partition coefficient (Wildman–Crippen LogP) is 6.02. The van der Waals surface area contributed by atoms with Gasteiger partial charge >= 0.3 is 5.97 Å². The second-order valence-electron chi connectivity index (χ2n) is 8.75. The summed E-state index contributed by atoms with van der Waals surface area (Å²) >= 11 is 0. The van der Waals surface area contributed by atoms with Crippen LogP contribution in [-0.2, 0) is 4.79 Å². The zero-order valence-corrected chi connectivity index (χ0v) is 20.5. The summed E-state index contributed by atoms with van der Waals surface area (Å²) in [5.74, 6) is 0.700. The second-order valence-corrected chi connectivity index (χ2v) is 8.75. The lowest BCUT2D eigenvalue weighted by molar-refractivity contribution is -0.123. The molecule has 182 valence electrons. The zero-order chi connectivity index (χ0) is 25.5. The first-order chi connectivity index (χ1) is 17.4. The van der Waals surface area contributed by atoms with E-state index in [1.165, 1.54) is 6.21 Å². The molecule has 6 heteroatoms. The summed E-state index contributed by atoms with van der Waals surface area (Å²) in [4.78, 5) is 24.8. The third-order valence-electron chi connectivity index (χ3n) is 5.74. The number of carbonyl (C=O) groups is 2. The van der Waals surface area contributed by atoms with Crippen molar-refractivity contribution in [2.24, 2.45) is 5.10 Å². The topological polar surface area (TPSA) is 77.0 Å². The van der Waals surface area contributed by atoms with Crippen LogP contribution in [-0.4, -0.2) is 24.7 Å². The molecule has 0 aliphatic heterocycles. The SMILES string of the molecule is Cc1ccc(C(C)C)cc1OCC(=O)N/N=C\c1ccc(OC(=O)c2cccc3ccccc23)cc1. The summed E-state index contributed by atoms with van der Waals surface area (Å²) in [6.07, 6.45) is 1.51. The lowest BCUT2D eigenvalue weighted by Gasteiger charge is -2.12. The smallest absolute Gasteiger partial charge is 0.344 e. The number of amides is 1. The van der Waals surface area contributed by atoms with E-state index in [9.17, 15) is 9.59 Å². The number of aryl methyl sites for hydroxylation is 1. The molecule has 0 heterocycles. The van der Waals surface area contributed by atoms with Crippen molar-refractivity contribution in [2.75, 3.05) is 6.61 Å². The van der Waals surface area contributed by atoms with E-state index in [4.69, 9.17) is 9.47 Å². The van der Waals surface area contributed by atoms with Gasteiger partial charge in [0.15, 0.2) is 6.61 Å². The van der Waals surface area contributed by atoms with E-state index >= 15 is 0 Å². The molecule has 0 fully saturated rings. The van der Waals surface area contributed by atoms with Crippen molar-refractivity contribution in [1.29, 1.82) is 0 Å². The lowest BCUT2D eigenvalue weighted by Crippen LogP contribution is -2.24. The maximum atomic E-state index is 12.7. The van der Waals surface area contributed by atoms with Crippen LogP contribution in [0.15, 0.2) is 90.0 Å². The first-order valence-electron chi connectivity index (χ1n) is 11.8. The fourth-order valence-corrected chi connectivity index (χ4v) is 3.67. The van der Waals surface area contributed by atoms with Crippen LogP contribution in [0.2, 0.25) is 0 Å². The highest BCUT2D eigenvalue weighted by molar-refractivity contribution is 6.05. The lowest BCUT2D eigenvalue weighted by atomic mass is 10.0. The van der Waals surface area contributed by atoms with Gasteiger partial charge in [-0.3, -0.25) is 4.79 Å². The van der Waals surface area contributed by atoms with E-state index in [-0.39, 0.29) is 12.5 Å². The Bertz CT molecular complexity index is 1400. The summed E-state index contributed by atoms with van der Waals surface area (Å²) in [6, 6.07) is 26.1. The summed E-state index contributed by atoms with van der Waals surface area (Å²) in [5.41, 5.74) is 5.83. The van der Waals surface area contributed by atoms with Gasteiger partial charge in [0.25, 0.3) is 5.91 Å². The molecule has 4 aromatic rings. The summed E-state index contributed by atoms with van der Waals surface area (Å²) in [5, 5.41) is 5.80. The Morgan fingerprint density at radius 1 is 0.944 bits per heavy atom. The third-order valence-corrected chi connectivity index (χ3v) is 5.74. The molecule has 4 rings (SSSR count). The van der Waals surface area contributed by atoms with E-state index in [1.807, 2.05) is 55.5 Å². The van der Waals surface area contributed by atoms with Crippen LogP contribution in [0.3, 0.4) is 0 Å². The van der Waals surface area contributed by atoms with Gasteiger partial charge in [-0.15, -0.1) is 0 Å². The summed E-state index contributed by atoms with van der Waals surface area (Å²) in [6.45, 7) is 6.02. The number of hydrogen-bond donors (Lipinski definition) is 1. The van der Waals surface area contributed by atoms with Crippen LogP contribution in [0.1, 0.15) is 46.8 Å². The Hall–Kier alpha value is -4.45. The highest BCUT2D eigenvalue weighted by atomic mass is 16.5. The van der Waals surface area contributed by atoms with Crippen molar-refractivity contribution in [3.8, 4) is 11.5 Å². The molecule has 0 aliphatic carbocycles. The molecule has 0 aromatic heterocycles. The van der Waals surface area contributed by atoms with Gasteiger partial charge in [-0.1, -0.05) is 62.4 Å². The van der Waals surface area contributed by atoms with E-state index in [0.717, 1.165) is 27.5 Å². The molecule has 1 N–H and O–H groups in total. The standard InChI is InChI=1S/C30H28N2O4/c1-20(2)24-14-11-21(3)28(17-24)35-19-29(33)32-31-18-22-12-15-25(16-13-22)36-30(34)27-10-6-8-23-7-4-5-9-26(23)27/h4-18,20H,19H2,1-3H3,(H,32,33)/b31-18-. The van der Waals surface area contributed by atoms with Gasteiger partial charge in [-0.05, 0) is 76.7 Å². The molecule has 6 nitrogen and oxygen atoms in total. The predicted molar refractivity (Wildman–Crippen MR) is 142 cm³/mol. The minimum absolute atomic E-state index is 0.136. The molecular formula is C30H28N2O4. The number of hydrogen-bond acceptors (Lipinski definition) is 5. The number of hydrazone groups is 1. The van der Waals surface area contributed by atoms with E-state index in [0.29, 0.717) is 23.0 Å². The Balaban J connectivity index is 1.30. The number of nitrogens with zero attached hydrogens (tertiary/aromatic N) is 1. The Morgan fingerprint density at radius 2 is 1.69 bits per heavy atom. The van der Waals surface area contributed by atoms with E-state index in [2.05, 4.69) is 30.4 Å². The maximum absolute atomic E-state index is 12.7. The Kier molecular flexibility index (Phi) is 7.75. The molecule has 0 saturated carbocycles. The molecular weight excluding hydrogens is 452 g/mol. The normalized spacial score (nSPS) is 11.1. The van der Waals surface area contributed by atoms with Gasteiger partial charge in [0.05, 0.1) is 11.8 Å². The Labute approximate surface area is 210 Å². The fourth-order valence-electron chi connectivity index (χ4n) is 3.67. The minimum atomic E-state index is -0.422. The number of fused-ring (bicyclic) bond motifs is 1. The van der Waals surface area contributed by atoms with Gasteiger partial charge in [0.2, 0.25) is 0 Å². The largest absolute Gasteiger partial charge is 0.483 e. The monoisotopic (exact) mass is 480 g/mol. The van der Waals surface area contributed by atoms with Gasteiger partial charge < -0.3 is 9.47 Å². The van der Waals surface area contributed by atoms with Gasteiger partial charge in [-0.25, -0.2) is 10.2 Å².